The van der Waals surface area contributed by atoms with Gasteiger partial charge in [-0.3, -0.25) is 4.79 Å². The maximum absolute atomic E-state index is 13.3. The Morgan fingerprint density at radius 1 is 1.31 bits per heavy atom. The minimum Gasteiger partial charge on any atom is -0.481 e. The molecular formula is C9H5Cl2F3O2. The van der Waals surface area contributed by atoms with E-state index in [1.165, 1.54) is 0 Å². The van der Waals surface area contributed by atoms with Gasteiger partial charge in [-0.2, -0.15) is 0 Å². The van der Waals surface area contributed by atoms with E-state index in [4.69, 9.17) is 28.3 Å². The summed E-state index contributed by atoms with van der Waals surface area (Å²) < 4.78 is 39.6. The van der Waals surface area contributed by atoms with Gasteiger partial charge in [0.1, 0.15) is 12.2 Å². The lowest BCUT2D eigenvalue weighted by molar-refractivity contribution is -0.145. The van der Waals surface area contributed by atoms with E-state index in [0.717, 1.165) is 6.07 Å². The van der Waals surface area contributed by atoms with E-state index in [9.17, 15) is 18.0 Å². The van der Waals surface area contributed by atoms with Crippen molar-refractivity contribution in [3.8, 4) is 0 Å². The topological polar surface area (TPSA) is 37.3 Å². The number of rotatable bonds is 3. The van der Waals surface area contributed by atoms with Gasteiger partial charge >= 0.3 is 5.97 Å². The highest BCUT2D eigenvalue weighted by Gasteiger charge is 2.37. The molecular weight excluding hydrogens is 268 g/mol. The minimum absolute atomic E-state index is 0.403. The first kappa shape index (κ1) is 13.1. The Labute approximate surface area is 98.6 Å². The predicted octanol–water partition coefficient (Wildman–Crippen LogP) is 3.70. The van der Waals surface area contributed by atoms with Crippen LogP contribution < -0.4 is 0 Å². The maximum Gasteiger partial charge on any atom is 0.309 e. The quantitative estimate of drug-likeness (QED) is 0.852. The first-order chi connectivity index (χ1) is 7.24. The summed E-state index contributed by atoms with van der Waals surface area (Å²) in [6.45, 7) is 0. The van der Waals surface area contributed by atoms with Crippen LogP contribution in [0.3, 0.4) is 0 Å². The number of hydrogen-bond acceptors (Lipinski definition) is 1. The van der Waals surface area contributed by atoms with E-state index in [1.54, 1.807) is 0 Å². The Hall–Kier alpha value is -0.940. The highest BCUT2D eigenvalue weighted by Crippen LogP contribution is 2.38. The molecule has 1 rings (SSSR count). The van der Waals surface area contributed by atoms with Crippen molar-refractivity contribution in [1.29, 1.82) is 0 Å². The number of benzene rings is 1. The van der Waals surface area contributed by atoms with Crippen molar-refractivity contribution in [2.75, 3.05) is 0 Å². The van der Waals surface area contributed by atoms with Gasteiger partial charge in [0, 0.05) is 5.56 Å². The SMILES string of the molecule is O=C(O)CC(F)(F)c1cc(F)c(Cl)cc1Cl. The van der Waals surface area contributed by atoms with Crippen molar-refractivity contribution in [1.82, 2.24) is 0 Å². The first-order valence-corrected chi connectivity index (χ1v) is 4.74. The molecule has 0 aliphatic rings. The number of carbonyl (C=O) groups is 1. The molecule has 1 N–H and O–H groups in total. The van der Waals surface area contributed by atoms with Crippen molar-refractivity contribution < 1.29 is 23.1 Å². The van der Waals surface area contributed by atoms with Crippen LogP contribution in [-0.4, -0.2) is 11.1 Å². The largest absolute Gasteiger partial charge is 0.481 e. The number of aliphatic carboxylic acids is 1. The molecule has 0 atom stereocenters. The average molecular weight is 273 g/mol. The van der Waals surface area contributed by atoms with Crippen LogP contribution in [0.25, 0.3) is 0 Å². The van der Waals surface area contributed by atoms with Crippen LogP contribution in [0.1, 0.15) is 12.0 Å². The lowest BCUT2D eigenvalue weighted by Gasteiger charge is -2.16. The molecule has 1 aromatic rings. The van der Waals surface area contributed by atoms with Crippen LogP contribution in [0.5, 0.6) is 0 Å². The standard InChI is InChI=1S/C9H5Cl2F3O2/c10-5-2-6(11)7(12)1-4(5)9(13,14)3-8(15)16/h1-2H,3H2,(H,15,16). The van der Waals surface area contributed by atoms with E-state index in [2.05, 4.69) is 0 Å². The fourth-order valence-corrected chi connectivity index (χ4v) is 1.61. The van der Waals surface area contributed by atoms with Gasteiger partial charge in [-0.1, -0.05) is 23.2 Å². The van der Waals surface area contributed by atoms with Crippen LogP contribution in [0, 0.1) is 5.82 Å². The number of alkyl halides is 2. The second kappa shape index (κ2) is 4.51. The summed E-state index contributed by atoms with van der Waals surface area (Å²) in [6, 6.07) is 1.25. The normalized spacial score (nSPS) is 11.6. The molecule has 0 heterocycles. The van der Waals surface area contributed by atoms with Crippen molar-refractivity contribution in [3.05, 3.63) is 33.6 Å². The average Bonchev–Trinajstić information content (AvgIpc) is 2.08. The smallest absolute Gasteiger partial charge is 0.309 e. The highest BCUT2D eigenvalue weighted by molar-refractivity contribution is 6.35. The molecule has 0 radical (unpaired) electrons. The number of hydrogen-bond donors (Lipinski definition) is 1. The van der Waals surface area contributed by atoms with Crippen molar-refractivity contribution in [2.45, 2.75) is 12.3 Å². The summed E-state index contributed by atoms with van der Waals surface area (Å²) in [5.74, 6) is -6.53. The summed E-state index contributed by atoms with van der Waals surface area (Å²) in [5.41, 5.74) is -0.890. The number of halogens is 5. The monoisotopic (exact) mass is 272 g/mol. The van der Waals surface area contributed by atoms with E-state index < -0.39 is 39.7 Å². The van der Waals surface area contributed by atoms with Crippen LogP contribution in [-0.2, 0) is 10.7 Å². The number of carboxylic acid groups (broad SMARTS) is 1. The van der Waals surface area contributed by atoms with E-state index >= 15 is 0 Å². The molecule has 88 valence electrons. The molecule has 1 aromatic carbocycles. The van der Waals surface area contributed by atoms with Gasteiger partial charge in [-0.25, -0.2) is 13.2 Å². The summed E-state index contributed by atoms with van der Waals surface area (Å²) in [4.78, 5) is 10.2. The lowest BCUT2D eigenvalue weighted by atomic mass is 10.1. The molecule has 0 spiro atoms. The zero-order chi connectivity index (χ0) is 12.5. The molecule has 0 aromatic heterocycles. The summed E-state index contributed by atoms with van der Waals surface area (Å²) >= 11 is 10.8. The van der Waals surface area contributed by atoms with Crippen molar-refractivity contribution in [3.63, 3.8) is 0 Å². The van der Waals surface area contributed by atoms with Gasteiger partial charge in [-0.15, -0.1) is 0 Å². The van der Waals surface area contributed by atoms with Crippen molar-refractivity contribution >= 4 is 29.2 Å². The third kappa shape index (κ3) is 2.80. The van der Waals surface area contributed by atoms with Gasteiger partial charge in [0.25, 0.3) is 5.92 Å². The fraction of sp³-hybridized carbons (Fsp3) is 0.222. The zero-order valence-corrected chi connectivity index (χ0v) is 9.12. The Morgan fingerprint density at radius 3 is 2.38 bits per heavy atom. The van der Waals surface area contributed by atoms with Gasteiger partial charge in [-0.05, 0) is 12.1 Å². The molecule has 0 bridgehead atoms. The Bertz CT molecular complexity index is 435. The predicted molar refractivity (Wildman–Crippen MR) is 52.6 cm³/mol. The maximum atomic E-state index is 13.3. The minimum atomic E-state index is -3.74. The molecule has 0 amide bonds. The van der Waals surface area contributed by atoms with Crippen LogP contribution >= 0.6 is 23.2 Å². The third-order valence-corrected chi connectivity index (χ3v) is 2.38. The second-order valence-electron chi connectivity index (χ2n) is 3.02. The van der Waals surface area contributed by atoms with E-state index in [0.29, 0.717) is 6.07 Å². The first-order valence-electron chi connectivity index (χ1n) is 3.98. The highest BCUT2D eigenvalue weighted by atomic mass is 35.5. The van der Waals surface area contributed by atoms with Gasteiger partial charge in [0.2, 0.25) is 0 Å². The second-order valence-corrected chi connectivity index (χ2v) is 3.84. The molecule has 7 heteroatoms. The fourth-order valence-electron chi connectivity index (χ4n) is 1.09. The molecule has 0 fully saturated rings. The molecule has 0 saturated heterocycles. The Morgan fingerprint density at radius 2 is 1.88 bits per heavy atom. The van der Waals surface area contributed by atoms with Crippen molar-refractivity contribution in [2.24, 2.45) is 0 Å². The zero-order valence-electron chi connectivity index (χ0n) is 7.61. The molecule has 0 saturated carbocycles. The Kier molecular flexibility index (Phi) is 3.70. The molecule has 2 nitrogen and oxygen atoms in total. The summed E-state index contributed by atoms with van der Waals surface area (Å²) in [6.07, 6.45) is -1.46. The summed E-state index contributed by atoms with van der Waals surface area (Å²) in [7, 11) is 0. The van der Waals surface area contributed by atoms with Crippen LogP contribution in [0.2, 0.25) is 10.0 Å². The Balaban J connectivity index is 3.22. The van der Waals surface area contributed by atoms with Crippen LogP contribution in [0.4, 0.5) is 13.2 Å². The third-order valence-electron chi connectivity index (χ3n) is 1.78. The van der Waals surface area contributed by atoms with E-state index in [1.807, 2.05) is 0 Å². The molecule has 16 heavy (non-hydrogen) atoms. The summed E-state index contributed by atoms with van der Waals surface area (Å²) in [5, 5.41) is 7.41. The van der Waals surface area contributed by atoms with E-state index in [-0.39, 0.29) is 0 Å². The molecule has 0 unspecified atom stereocenters. The number of carboxylic acids is 1. The molecule has 0 aliphatic carbocycles. The molecule has 0 aliphatic heterocycles. The van der Waals surface area contributed by atoms with Gasteiger partial charge in [0.15, 0.2) is 0 Å². The lowest BCUT2D eigenvalue weighted by Crippen LogP contribution is -2.19. The van der Waals surface area contributed by atoms with Gasteiger partial charge < -0.3 is 5.11 Å². The van der Waals surface area contributed by atoms with Crippen LogP contribution in [0.15, 0.2) is 12.1 Å². The van der Waals surface area contributed by atoms with Gasteiger partial charge in [0.05, 0.1) is 10.0 Å².